The Hall–Kier alpha value is -2.15. The fraction of sp³-hybridized carbons (Fsp3) is 0.462. The first-order chi connectivity index (χ1) is 9.66. The lowest BCUT2D eigenvalue weighted by Crippen LogP contribution is -2.46. The second-order valence-electron chi connectivity index (χ2n) is 4.48. The highest BCUT2D eigenvalue weighted by atomic mass is 16.6. The summed E-state index contributed by atoms with van der Waals surface area (Å²) in [5, 5.41) is 13.7. The van der Waals surface area contributed by atoms with Gasteiger partial charge in [0.25, 0.3) is 5.69 Å². The number of nitrogens with zero attached hydrogens (tertiary/aromatic N) is 2. The predicted molar refractivity (Wildman–Crippen MR) is 72.7 cm³/mol. The smallest absolute Gasteiger partial charge is 0.269 e. The van der Waals surface area contributed by atoms with Gasteiger partial charge in [-0.05, 0) is 12.1 Å². The Kier molecular flexibility index (Phi) is 4.89. The molecule has 0 aromatic heterocycles. The van der Waals surface area contributed by atoms with Crippen LogP contribution < -0.4 is 10.1 Å². The molecule has 1 aliphatic rings. The molecule has 108 valence electrons. The Balaban J connectivity index is 1.74. The van der Waals surface area contributed by atoms with E-state index in [9.17, 15) is 14.9 Å². The zero-order valence-corrected chi connectivity index (χ0v) is 11.1. The van der Waals surface area contributed by atoms with Crippen LogP contribution in [-0.4, -0.2) is 48.5 Å². The highest BCUT2D eigenvalue weighted by Crippen LogP contribution is 2.17. The minimum absolute atomic E-state index is 0.0224. The van der Waals surface area contributed by atoms with Crippen LogP contribution in [0.25, 0.3) is 0 Å². The van der Waals surface area contributed by atoms with Crippen LogP contribution in [0.15, 0.2) is 24.3 Å². The number of piperazine rings is 1. The summed E-state index contributed by atoms with van der Waals surface area (Å²) in [6.45, 7) is 3.40. The van der Waals surface area contributed by atoms with Gasteiger partial charge < -0.3 is 15.0 Å². The first-order valence-corrected chi connectivity index (χ1v) is 6.52. The van der Waals surface area contributed by atoms with Crippen molar-refractivity contribution in [3.63, 3.8) is 0 Å². The zero-order valence-electron chi connectivity index (χ0n) is 11.1. The molecule has 0 saturated carbocycles. The van der Waals surface area contributed by atoms with Gasteiger partial charge >= 0.3 is 0 Å². The zero-order chi connectivity index (χ0) is 14.4. The van der Waals surface area contributed by atoms with E-state index in [1.54, 1.807) is 0 Å². The van der Waals surface area contributed by atoms with Gasteiger partial charge in [0.05, 0.1) is 18.0 Å². The number of ether oxygens (including phenoxy) is 1. The number of nitro benzene ring substituents is 1. The molecule has 7 nitrogen and oxygen atoms in total. The standard InChI is InChI=1S/C13H17N3O4/c17-13(15-8-6-14-7-9-15)5-10-20-12-3-1-11(2-4-12)16(18)19/h1-4,14H,5-10H2. The molecule has 0 spiro atoms. The molecular formula is C13H17N3O4. The van der Waals surface area contributed by atoms with Gasteiger partial charge in [0.15, 0.2) is 0 Å². The molecular weight excluding hydrogens is 262 g/mol. The minimum Gasteiger partial charge on any atom is -0.493 e. The van der Waals surface area contributed by atoms with Crippen LogP contribution in [0.2, 0.25) is 0 Å². The number of carbonyl (C=O) groups is 1. The minimum atomic E-state index is -0.461. The number of amides is 1. The SMILES string of the molecule is O=C(CCOc1ccc([N+](=O)[O-])cc1)N1CCNCC1. The van der Waals surface area contributed by atoms with Crippen molar-refractivity contribution in [3.05, 3.63) is 34.4 Å². The van der Waals surface area contributed by atoms with Crippen LogP contribution in [0.1, 0.15) is 6.42 Å². The summed E-state index contributed by atoms with van der Waals surface area (Å²) in [6, 6.07) is 5.84. The van der Waals surface area contributed by atoms with E-state index in [0.717, 1.165) is 26.2 Å². The van der Waals surface area contributed by atoms with Gasteiger partial charge in [-0.2, -0.15) is 0 Å². The van der Waals surface area contributed by atoms with Crippen molar-refractivity contribution in [1.29, 1.82) is 0 Å². The van der Waals surface area contributed by atoms with Gasteiger partial charge in [-0.3, -0.25) is 14.9 Å². The highest BCUT2D eigenvalue weighted by Gasteiger charge is 2.15. The lowest BCUT2D eigenvalue weighted by molar-refractivity contribution is -0.384. The average Bonchev–Trinajstić information content (AvgIpc) is 2.48. The summed E-state index contributed by atoms with van der Waals surface area (Å²) >= 11 is 0. The van der Waals surface area contributed by atoms with E-state index in [-0.39, 0.29) is 18.2 Å². The molecule has 7 heteroatoms. The number of carbonyl (C=O) groups excluding carboxylic acids is 1. The summed E-state index contributed by atoms with van der Waals surface area (Å²) in [5.74, 6) is 0.608. The molecule has 1 N–H and O–H groups in total. The molecule has 1 fully saturated rings. The molecule has 1 aromatic rings. The van der Waals surface area contributed by atoms with E-state index in [2.05, 4.69) is 5.32 Å². The number of benzene rings is 1. The van der Waals surface area contributed by atoms with Crippen molar-refractivity contribution in [2.45, 2.75) is 6.42 Å². The van der Waals surface area contributed by atoms with Crippen molar-refractivity contribution in [3.8, 4) is 5.75 Å². The quantitative estimate of drug-likeness (QED) is 0.636. The van der Waals surface area contributed by atoms with Crippen LogP contribution in [0, 0.1) is 10.1 Å². The topological polar surface area (TPSA) is 84.7 Å². The number of hydrogen-bond acceptors (Lipinski definition) is 5. The van der Waals surface area contributed by atoms with Gasteiger partial charge in [0.1, 0.15) is 5.75 Å². The number of non-ortho nitro benzene ring substituents is 1. The predicted octanol–water partition coefficient (Wildman–Crippen LogP) is 0.795. The first-order valence-electron chi connectivity index (χ1n) is 6.52. The van der Waals surface area contributed by atoms with E-state index >= 15 is 0 Å². The number of nitrogens with one attached hydrogen (secondary N) is 1. The van der Waals surface area contributed by atoms with Crippen LogP contribution >= 0.6 is 0 Å². The van der Waals surface area contributed by atoms with E-state index < -0.39 is 4.92 Å². The normalized spacial score (nSPS) is 14.9. The monoisotopic (exact) mass is 279 g/mol. The van der Waals surface area contributed by atoms with Gasteiger partial charge in [0, 0.05) is 38.3 Å². The number of rotatable bonds is 5. The van der Waals surface area contributed by atoms with Gasteiger partial charge in [-0.1, -0.05) is 0 Å². The Labute approximate surface area is 116 Å². The average molecular weight is 279 g/mol. The number of nitro groups is 1. The summed E-state index contributed by atoms with van der Waals surface area (Å²) in [6.07, 6.45) is 0.316. The Morgan fingerprint density at radius 1 is 1.30 bits per heavy atom. The fourth-order valence-corrected chi connectivity index (χ4v) is 1.99. The summed E-state index contributed by atoms with van der Waals surface area (Å²) in [4.78, 5) is 23.7. The Morgan fingerprint density at radius 3 is 2.55 bits per heavy atom. The molecule has 1 aliphatic heterocycles. The van der Waals surface area contributed by atoms with Gasteiger partial charge in [-0.15, -0.1) is 0 Å². The maximum Gasteiger partial charge on any atom is 0.269 e. The van der Waals surface area contributed by atoms with Crippen LogP contribution in [0.3, 0.4) is 0 Å². The summed E-state index contributed by atoms with van der Waals surface area (Å²) in [7, 11) is 0. The molecule has 1 saturated heterocycles. The van der Waals surface area contributed by atoms with E-state index in [4.69, 9.17) is 4.74 Å². The third-order valence-electron chi connectivity index (χ3n) is 3.10. The van der Waals surface area contributed by atoms with Crippen molar-refractivity contribution in [1.82, 2.24) is 10.2 Å². The van der Waals surface area contributed by atoms with Crippen molar-refractivity contribution >= 4 is 11.6 Å². The lowest BCUT2D eigenvalue weighted by atomic mass is 10.3. The third-order valence-corrected chi connectivity index (χ3v) is 3.10. The summed E-state index contributed by atoms with van der Waals surface area (Å²) in [5.41, 5.74) is 0.0224. The number of hydrogen-bond donors (Lipinski definition) is 1. The molecule has 0 atom stereocenters. The Morgan fingerprint density at radius 2 is 1.95 bits per heavy atom. The van der Waals surface area contributed by atoms with Crippen molar-refractivity contribution in [2.24, 2.45) is 0 Å². The van der Waals surface area contributed by atoms with Crippen molar-refractivity contribution < 1.29 is 14.5 Å². The van der Waals surface area contributed by atoms with Gasteiger partial charge in [0.2, 0.25) is 5.91 Å². The van der Waals surface area contributed by atoms with E-state index in [0.29, 0.717) is 12.2 Å². The largest absolute Gasteiger partial charge is 0.493 e. The highest BCUT2D eigenvalue weighted by molar-refractivity contribution is 5.76. The maximum absolute atomic E-state index is 11.9. The summed E-state index contributed by atoms with van der Waals surface area (Å²) < 4.78 is 5.42. The van der Waals surface area contributed by atoms with Crippen LogP contribution in [0.5, 0.6) is 5.75 Å². The molecule has 0 unspecified atom stereocenters. The van der Waals surface area contributed by atoms with E-state index in [1.165, 1.54) is 24.3 Å². The molecule has 2 rings (SSSR count). The molecule has 0 bridgehead atoms. The third kappa shape index (κ3) is 3.92. The van der Waals surface area contributed by atoms with E-state index in [1.807, 2.05) is 4.90 Å². The van der Waals surface area contributed by atoms with Crippen molar-refractivity contribution in [2.75, 3.05) is 32.8 Å². The first kappa shape index (κ1) is 14.3. The second kappa shape index (κ2) is 6.85. The molecule has 20 heavy (non-hydrogen) atoms. The molecule has 0 radical (unpaired) electrons. The van der Waals surface area contributed by atoms with Crippen LogP contribution in [-0.2, 0) is 4.79 Å². The molecule has 1 heterocycles. The lowest BCUT2D eigenvalue weighted by Gasteiger charge is -2.27. The molecule has 1 amide bonds. The Bertz CT molecular complexity index is 469. The fourth-order valence-electron chi connectivity index (χ4n) is 1.99. The van der Waals surface area contributed by atoms with Crippen LogP contribution in [0.4, 0.5) is 5.69 Å². The maximum atomic E-state index is 11.9. The second-order valence-corrected chi connectivity index (χ2v) is 4.48. The molecule has 0 aliphatic carbocycles. The van der Waals surface area contributed by atoms with Gasteiger partial charge in [-0.25, -0.2) is 0 Å². The molecule has 1 aromatic carbocycles.